The second kappa shape index (κ2) is 4.79. The second-order valence-electron chi connectivity index (χ2n) is 4.00. The highest BCUT2D eigenvalue weighted by Gasteiger charge is 1.94. The van der Waals surface area contributed by atoms with Gasteiger partial charge >= 0.3 is 0 Å². The van der Waals surface area contributed by atoms with E-state index in [2.05, 4.69) is 29.4 Å². The highest BCUT2D eigenvalue weighted by atomic mass is 16.6. The van der Waals surface area contributed by atoms with Crippen molar-refractivity contribution in [2.24, 2.45) is 5.16 Å². The number of oxime groups is 1. The lowest BCUT2D eigenvalue weighted by Gasteiger charge is -2.01. The molecule has 82 valence electrons. The molecule has 0 unspecified atom stereocenters. The Hall–Kier alpha value is -1.83. The first-order valence-electron chi connectivity index (χ1n) is 5.44. The summed E-state index contributed by atoms with van der Waals surface area (Å²) >= 11 is 0. The zero-order valence-corrected chi connectivity index (χ0v) is 9.55. The third kappa shape index (κ3) is 2.60. The van der Waals surface area contributed by atoms with E-state index in [0.717, 1.165) is 5.56 Å². The summed E-state index contributed by atoms with van der Waals surface area (Å²) in [7, 11) is 0. The van der Waals surface area contributed by atoms with Crippen molar-refractivity contribution in [1.82, 2.24) is 0 Å². The van der Waals surface area contributed by atoms with Crippen molar-refractivity contribution in [2.45, 2.75) is 20.0 Å². The van der Waals surface area contributed by atoms with Crippen molar-refractivity contribution in [3.63, 3.8) is 0 Å². The van der Waals surface area contributed by atoms with Crippen LogP contribution in [0.5, 0.6) is 0 Å². The van der Waals surface area contributed by atoms with Crippen molar-refractivity contribution >= 4 is 17.0 Å². The van der Waals surface area contributed by atoms with Gasteiger partial charge in [-0.05, 0) is 36.2 Å². The molecule has 0 aliphatic heterocycles. The Morgan fingerprint density at radius 2 is 1.81 bits per heavy atom. The minimum atomic E-state index is 0.122. The van der Waals surface area contributed by atoms with Crippen LogP contribution in [-0.2, 0) is 4.84 Å². The van der Waals surface area contributed by atoms with Crippen LogP contribution in [-0.4, -0.2) is 12.3 Å². The van der Waals surface area contributed by atoms with Gasteiger partial charge in [-0.25, -0.2) is 0 Å². The maximum atomic E-state index is 5.13. The monoisotopic (exact) mass is 213 g/mol. The molecular weight excluding hydrogens is 198 g/mol. The van der Waals surface area contributed by atoms with Crippen molar-refractivity contribution in [3.05, 3.63) is 48.0 Å². The Kier molecular flexibility index (Phi) is 3.20. The van der Waals surface area contributed by atoms with E-state index < -0.39 is 0 Å². The van der Waals surface area contributed by atoms with Crippen LogP contribution in [0.4, 0.5) is 0 Å². The molecule has 2 aromatic rings. The van der Waals surface area contributed by atoms with Gasteiger partial charge < -0.3 is 4.84 Å². The zero-order valence-electron chi connectivity index (χ0n) is 9.55. The summed E-state index contributed by atoms with van der Waals surface area (Å²) in [4.78, 5) is 5.13. The Bertz CT molecular complexity index is 503. The van der Waals surface area contributed by atoms with Crippen molar-refractivity contribution < 1.29 is 4.84 Å². The van der Waals surface area contributed by atoms with E-state index in [1.165, 1.54) is 10.8 Å². The van der Waals surface area contributed by atoms with Crippen molar-refractivity contribution in [3.8, 4) is 0 Å². The molecule has 0 saturated carbocycles. The Morgan fingerprint density at radius 3 is 2.56 bits per heavy atom. The lowest BCUT2D eigenvalue weighted by atomic mass is 10.1. The predicted molar refractivity (Wildman–Crippen MR) is 67.8 cm³/mol. The molecule has 0 amide bonds. The highest BCUT2D eigenvalue weighted by molar-refractivity contribution is 5.90. The first-order valence-corrected chi connectivity index (χ1v) is 5.44. The van der Waals surface area contributed by atoms with Gasteiger partial charge in [0.1, 0.15) is 6.10 Å². The molecule has 0 saturated heterocycles. The molecule has 2 rings (SSSR count). The van der Waals surface area contributed by atoms with Gasteiger partial charge in [0.25, 0.3) is 0 Å². The Balaban J connectivity index is 2.22. The summed E-state index contributed by atoms with van der Waals surface area (Å²) in [5, 5.41) is 6.38. The largest absolute Gasteiger partial charge is 0.393 e. The maximum Gasteiger partial charge on any atom is 0.122 e. The van der Waals surface area contributed by atoms with E-state index in [9.17, 15) is 0 Å². The van der Waals surface area contributed by atoms with Crippen LogP contribution in [0.2, 0.25) is 0 Å². The molecule has 2 aromatic carbocycles. The van der Waals surface area contributed by atoms with E-state index in [0.29, 0.717) is 0 Å². The van der Waals surface area contributed by atoms with Crippen LogP contribution >= 0.6 is 0 Å². The van der Waals surface area contributed by atoms with Crippen LogP contribution in [0.1, 0.15) is 19.4 Å². The summed E-state index contributed by atoms with van der Waals surface area (Å²) in [6.45, 7) is 3.91. The molecular formula is C14H15NO. The van der Waals surface area contributed by atoms with Crippen LogP contribution in [0.3, 0.4) is 0 Å². The van der Waals surface area contributed by atoms with Gasteiger partial charge in [0.15, 0.2) is 0 Å². The predicted octanol–water partition coefficient (Wildman–Crippen LogP) is 3.60. The Labute approximate surface area is 95.5 Å². The normalized spacial score (nSPS) is 11.4. The van der Waals surface area contributed by atoms with Gasteiger partial charge in [-0.2, -0.15) is 0 Å². The molecule has 0 atom stereocenters. The fourth-order valence-corrected chi connectivity index (χ4v) is 1.50. The topological polar surface area (TPSA) is 21.6 Å². The van der Waals surface area contributed by atoms with Crippen molar-refractivity contribution in [2.75, 3.05) is 0 Å². The molecule has 0 bridgehead atoms. The molecule has 0 aliphatic rings. The standard InChI is InChI=1S/C14H15NO/c1-11(2)16-15-10-12-7-8-13-5-3-4-6-14(13)9-12/h3-11H,1-2H3/b15-10+. The summed E-state index contributed by atoms with van der Waals surface area (Å²) in [5.74, 6) is 0. The fraction of sp³-hybridized carbons (Fsp3) is 0.214. The van der Waals surface area contributed by atoms with Gasteiger partial charge in [0.05, 0.1) is 6.21 Å². The average Bonchev–Trinajstić information content (AvgIpc) is 2.28. The zero-order chi connectivity index (χ0) is 11.4. The number of hydrogen-bond donors (Lipinski definition) is 0. The Morgan fingerprint density at radius 1 is 1.06 bits per heavy atom. The van der Waals surface area contributed by atoms with Crippen molar-refractivity contribution in [1.29, 1.82) is 0 Å². The second-order valence-corrected chi connectivity index (χ2v) is 4.00. The summed E-state index contributed by atoms with van der Waals surface area (Å²) in [6.07, 6.45) is 1.86. The van der Waals surface area contributed by atoms with Gasteiger partial charge in [-0.15, -0.1) is 0 Å². The van der Waals surface area contributed by atoms with Gasteiger partial charge in [0, 0.05) is 0 Å². The quantitative estimate of drug-likeness (QED) is 0.564. The molecule has 2 nitrogen and oxygen atoms in total. The lowest BCUT2D eigenvalue weighted by molar-refractivity contribution is 0.0874. The van der Waals surface area contributed by atoms with E-state index in [4.69, 9.17) is 4.84 Å². The SMILES string of the molecule is CC(C)O/N=C/c1ccc2ccccc2c1. The molecule has 0 heterocycles. The van der Waals surface area contributed by atoms with E-state index >= 15 is 0 Å². The third-order valence-corrected chi connectivity index (χ3v) is 2.25. The highest BCUT2D eigenvalue weighted by Crippen LogP contribution is 2.14. The van der Waals surface area contributed by atoms with E-state index in [1.54, 1.807) is 6.21 Å². The minimum Gasteiger partial charge on any atom is -0.393 e. The fourth-order valence-electron chi connectivity index (χ4n) is 1.50. The maximum absolute atomic E-state index is 5.13. The summed E-state index contributed by atoms with van der Waals surface area (Å²) in [5.41, 5.74) is 1.05. The van der Waals surface area contributed by atoms with Gasteiger partial charge in [-0.3, -0.25) is 0 Å². The molecule has 0 N–H and O–H groups in total. The average molecular weight is 213 g/mol. The molecule has 0 aliphatic carbocycles. The number of rotatable bonds is 3. The van der Waals surface area contributed by atoms with Gasteiger partial charge in [-0.1, -0.05) is 41.6 Å². The number of benzene rings is 2. The number of fused-ring (bicyclic) bond motifs is 1. The number of hydrogen-bond acceptors (Lipinski definition) is 2. The first-order chi connectivity index (χ1) is 7.75. The minimum absolute atomic E-state index is 0.122. The number of nitrogens with zero attached hydrogens (tertiary/aromatic N) is 1. The molecule has 2 heteroatoms. The summed E-state index contributed by atoms with van der Waals surface area (Å²) in [6, 6.07) is 14.5. The van der Waals surface area contributed by atoms with Crippen LogP contribution < -0.4 is 0 Å². The third-order valence-electron chi connectivity index (χ3n) is 2.25. The molecule has 0 spiro atoms. The molecule has 0 fully saturated rings. The van der Waals surface area contributed by atoms with Gasteiger partial charge in [0.2, 0.25) is 0 Å². The van der Waals surface area contributed by atoms with E-state index in [-0.39, 0.29) is 6.10 Å². The smallest absolute Gasteiger partial charge is 0.122 e. The van der Waals surface area contributed by atoms with Crippen LogP contribution in [0, 0.1) is 0 Å². The van der Waals surface area contributed by atoms with E-state index in [1.807, 2.05) is 32.0 Å². The molecule has 0 radical (unpaired) electrons. The molecule has 0 aromatic heterocycles. The van der Waals surface area contributed by atoms with Crippen LogP contribution in [0.15, 0.2) is 47.6 Å². The molecule has 16 heavy (non-hydrogen) atoms. The summed E-state index contributed by atoms with van der Waals surface area (Å²) < 4.78 is 0. The lowest BCUT2D eigenvalue weighted by Crippen LogP contribution is -1.96. The van der Waals surface area contributed by atoms with Crippen LogP contribution in [0.25, 0.3) is 10.8 Å². The first kappa shape index (κ1) is 10.7.